The minimum Gasteiger partial charge on any atom is -0.550 e. The molecule has 1 aromatic heterocycles. The van der Waals surface area contributed by atoms with Crippen molar-refractivity contribution in [3.05, 3.63) is 83.0 Å². The first-order valence-electron chi connectivity index (χ1n) is 13.5. The van der Waals surface area contributed by atoms with Gasteiger partial charge in [-0.3, -0.25) is 14.6 Å². The predicted octanol–water partition coefficient (Wildman–Crippen LogP) is -1.27. The number of hydrogen-bond donors (Lipinski definition) is 4. The molecule has 6 rings (SSSR count). The Bertz CT molecular complexity index is 1740. The second-order valence-corrected chi connectivity index (χ2v) is 10.3. The van der Waals surface area contributed by atoms with Crippen LogP contribution >= 0.6 is 0 Å². The highest BCUT2D eigenvalue weighted by atomic mass is 16.8. The lowest BCUT2D eigenvalue weighted by Crippen LogP contribution is -3.07. The van der Waals surface area contributed by atoms with E-state index < -0.39 is 55.7 Å². The van der Waals surface area contributed by atoms with Gasteiger partial charge in [0, 0.05) is 12.3 Å². The molecule has 3 aromatic rings. The molecule has 0 radical (unpaired) electrons. The largest absolute Gasteiger partial charge is 0.550 e. The maximum absolute atomic E-state index is 13.2. The topological polar surface area (TPSA) is 202 Å². The molecule has 228 valence electrons. The van der Waals surface area contributed by atoms with Gasteiger partial charge >= 0.3 is 5.97 Å². The monoisotopic (exact) mass is 606 g/mol. The quantitative estimate of drug-likeness (QED) is 0.166. The summed E-state index contributed by atoms with van der Waals surface area (Å²) in [7, 11) is 0. The first kappa shape index (κ1) is 29.2. The number of phenols is 1. The van der Waals surface area contributed by atoms with Crippen LogP contribution in [0, 0.1) is 0 Å². The van der Waals surface area contributed by atoms with E-state index in [2.05, 4.69) is 4.99 Å². The van der Waals surface area contributed by atoms with Gasteiger partial charge in [0.2, 0.25) is 12.4 Å². The Morgan fingerprint density at radius 3 is 2.66 bits per heavy atom. The smallest absolute Gasteiger partial charge is 0.311 e. The van der Waals surface area contributed by atoms with E-state index in [1.54, 1.807) is 30.6 Å². The number of aliphatic hydroxyl groups is 2. The van der Waals surface area contributed by atoms with Crippen molar-refractivity contribution in [2.24, 2.45) is 4.99 Å². The van der Waals surface area contributed by atoms with Crippen LogP contribution in [0.2, 0.25) is 0 Å². The standard InChI is InChI=1S/C30H26N2O12/c33-17-3-1-15(2-4-17)20-13-40-22-9-18(5-6-19(22)26(20)37)42-30-29(44-32-11-16-7-8-31-21(16)12-32)28(39)27(38)23(43-30)14-41-25(36)10-24(34)35/h1-9,11,13,23,27-30,33,38-39H,10,12,14H2,(H,34,35). The summed E-state index contributed by atoms with van der Waals surface area (Å²) in [5, 5.41) is 42.8. The molecular weight excluding hydrogens is 580 g/mol. The number of benzene rings is 2. The van der Waals surface area contributed by atoms with Gasteiger partial charge in [-0.1, -0.05) is 12.1 Å². The Morgan fingerprint density at radius 2 is 1.91 bits per heavy atom. The molecule has 44 heavy (non-hydrogen) atoms. The predicted molar refractivity (Wildman–Crippen MR) is 147 cm³/mol. The fourth-order valence-electron chi connectivity index (χ4n) is 5.06. The van der Waals surface area contributed by atoms with Crippen LogP contribution in [0.25, 0.3) is 22.1 Å². The summed E-state index contributed by atoms with van der Waals surface area (Å²) in [6, 6.07) is 10.5. The number of phenolic OH excluding ortho intramolecular Hbond substituents is 1. The molecule has 4 N–H and O–H groups in total. The van der Waals surface area contributed by atoms with Crippen molar-refractivity contribution in [2.75, 3.05) is 13.2 Å². The summed E-state index contributed by atoms with van der Waals surface area (Å²) in [6.07, 6.45) is -1.66. The number of aliphatic hydroxyl groups excluding tert-OH is 2. The highest BCUT2D eigenvalue weighted by Crippen LogP contribution is 2.29. The Labute approximate surface area is 248 Å². The number of rotatable bonds is 9. The molecule has 1 fully saturated rings. The number of carboxylic acid groups (broad SMARTS) is 1. The number of carboxylic acids is 1. The van der Waals surface area contributed by atoms with E-state index in [4.69, 9.17) is 23.5 Å². The van der Waals surface area contributed by atoms with Gasteiger partial charge in [-0.15, -0.1) is 0 Å². The summed E-state index contributed by atoms with van der Waals surface area (Å²) in [4.78, 5) is 45.9. The molecule has 4 heterocycles. The molecule has 0 saturated carbocycles. The molecule has 3 aliphatic rings. The number of carbonyl (C=O) groups is 2. The molecule has 6 atom stereocenters. The number of quaternary nitrogens is 1. The number of hydrogen-bond acceptors (Lipinski definition) is 13. The molecule has 14 heteroatoms. The first-order valence-corrected chi connectivity index (χ1v) is 13.5. The van der Waals surface area contributed by atoms with Gasteiger partial charge in [-0.2, -0.15) is 9.90 Å². The van der Waals surface area contributed by atoms with Gasteiger partial charge in [0.05, 0.1) is 28.9 Å². The van der Waals surface area contributed by atoms with Gasteiger partial charge in [-0.25, -0.2) is 0 Å². The number of aliphatic carboxylic acids is 1. The number of aromatic hydroxyl groups is 1. The van der Waals surface area contributed by atoms with Crippen molar-refractivity contribution >= 4 is 28.6 Å². The van der Waals surface area contributed by atoms with E-state index >= 15 is 0 Å². The third-order valence-corrected chi connectivity index (χ3v) is 7.28. The molecule has 0 amide bonds. The van der Waals surface area contributed by atoms with Crippen molar-refractivity contribution in [1.29, 1.82) is 0 Å². The van der Waals surface area contributed by atoms with Crippen molar-refractivity contribution < 1.29 is 58.5 Å². The second-order valence-electron chi connectivity index (χ2n) is 10.3. The zero-order chi connectivity index (χ0) is 31.0. The summed E-state index contributed by atoms with van der Waals surface area (Å²) in [5.41, 5.74) is 2.33. The third kappa shape index (κ3) is 5.97. The van der Waals surface area contributed by atoms with E-state index in [0.29, 0.717) is 17.2 Å². The SMILES string of the molecule is O=C([O-])CC(=O)OCC1OC(Oc2ccc3c(=O)c(-c4ccc(O)cc4)coc3c2)C(O[NH+]2C=C3C=CN=C3C2)C(O)C1O. The lowest BCUT2D eigenvalue weighted by atomic mass is 9.99. The van der Waals surface area contributed by atoms with E-state index in [1.165, 1.54) is 36.6 Å². The number of hydroxylamine groups is 2. The van der Waals surface area contributed by atoms with Gasteiger partial charge in [-0.05, 0) is 35.9 Å². The van der Waals surface area contributed by atoms with Crippen molar-refractivity contribution in [3.63, 3.8) is 0 Å². The van der Waals surface area contributed by atoms with Crippen LogP contribution < -0.4 is 20.3 Å². The molecule has 6 unspecified atom stereocenters. The molecule has 2 aromatic carbocycles. The minimum atomic E-state index is -1.64. The average Bonchev–Trinajstić information content (AvgIpc) is 3.59. The van der Waals surface area contributed by atoms with E-state index in [-0.39, 0.29) is 33.5 Å². The van der Waals surface area contributed by atoms with Gasteiger partial charge in [0.15, 0.2) is 12.0 Å². The number of allylic oxidation sites excluding steroid dienone is 1. The Balaban J connectivity index is 1.25. The van der Waals surface area contributed by atoms with Crippen LogP contribution in [0.4, 0.5) is 0 Å². The van der Waals surface area contributed by atoms with Crippen LogP contribution in [0.1, 0.15) is 6.42 Å². The zero-order valence-corrected chi connectivity index (χ0v) is 22.8. The lowest BCUT2D eigenvalue weighted by molar-refractivity contribution is -1.05. The molecule has 0 bridgehead atoms. The maximum Gasteiger partial charge on any atom is 0.311 e. The Hall–Kier alpha value is -4.86. The van der Waals surface area contributed by atoms with E-state index in [1.807, 2.05) is 0 Å². The molecule has 1 saturated heterocycles. The molecule has 14 nitrogen and oxygen atoms in total. The zero-order valence-electron chi connectivity index (χ0n) is 22.8. The van der Waals surface area contributed by atoms with Crippen LogP contribution in [0.5, 0.6) is 11.5 Å². The van der Waals surface area contributed by atoms with Crippen LogP contribution in [-0.2, 0) is 23.9 Å². The summed E-state index contributed by atoms with van der Waals surface area (Å²) in [5.74, 6) is -2.54. The second kappa shape index (κ2) is 12.0. The van der Waals surface area contributed by atoms with Gasteiger partial charge in [0.25, 0.3) is 0 Å². The normalized spacial score (nSPS) is 25.8. The summed E-state index contributed by atoms with van der Waals surface area (Å²) in [6.45, 7) is -0.255. The highest BCUT2D eigenvalue weighted by Gasteiger charge is 2.50. The van der Waals surface area contributed by atoms with Crippen LogP contribution in [0.3, 0.4) is 0 Å². The first-order chi connectivity index (χ1) is 21.2. The van der Waals surface area contributed by atoms with Crippen molar-refractivity contribution in [1.82, 2.24) is 0 Å². The number of aliphatic imine (C=N–C) groups is 1. The molecule has 0 aliphatic carbocycles. The van der Waals surface area contributed by atoms with Crippen LogP contribution in [-0.4, -0.2) is 76.8 Å². The number of carbonyl (C=O) groups excluding carboxylic acids is 2. The molecule has 3 aliphatic heterocycles. The summed E-state index contributed by atoms with van der Waals surface area (Å²) >= 11 is 0. The third-order valence-electron chi connectivity index (χ3n) is 7.28. The van der Waals surface area contributed by atoms with E-state index in [0.717, 1.165) is 11.3 Å². The number of esters is 1. The lowest BCUT2D eigenvalue weighted by Gasteiger charge is -2.41. The highest BCUT2D eigenvalue weighted by molar-refractivity contribution is 6.06. The van der Waals surface area contributed by atoms with Crippen LogP contribution in [0.15, 0.2) is 87.0 Å². The average molecular weight is 607 g/mol. The Morgan fingerprint density at radius 1 is 1.11 bits per heavy atom. The number of nitrogens with one attached hydrogen (secondary N) is 1. The molecular formula is C30H26N2O12. The Kier molecular flexibility index (Phi) is 7.99. The molecule has 0 spiro atoms. The fourth-order valence-corrected chi connectivity index (χ4v) is 5.06. The van der Waals surface area contributed by atoms with Gasteiger partial charge < -0.3 is 43.8 Å². The number of fused-ring (bicyclic) bond motifs is 2. The number of ether oxygens (including phenoxy) is 3. The number of nitrogens with zero attached hydrogens (tertiary/aromatic N) is 1. The minimum absolute atomic E-state index is 0.0555. The maximum atomic E-state index is 13.2. The summed E-state index contributed by atoms with van der Waals surface area (Å²) < 4.78 is 22.5. The van der Waals surface area contributed by atoms with Crippen molar-refractivity contribution in [3.8, 4) is 22.6 Å². The van der Waals surface area contributed by atoms with Gasteiger partial charge in [0.1, 0.15) is 60.2 Å². The van der Waals surface area contributed by atoms with E-state index in [9.17, 15) is 34.8 Å². The fraction of sp³-hybridized carbons (Fsp3) is 0.267. The van der Waals surface area contributed by atoms with Crippen molar-refractivity contribution in [2.45, 2.75) is 37.1 Å².